The first-order chi connectivity index (χ1) is 4.79. The van der Waals surface area contributed by atoms with Gasteiger partial charge in [0, 0.05) is 6.04 Å². The van der Waals surface area contributed by atoms with E-state index in [1.54, 1.807) is 0 Å². The molecule has 0 bridgehead atoms. The molecule has 0 saturated carbocycles. The van der Waals surface area contributed by atoms with E-state index >= 15 is 0 Å². The van der Waals surface area contributed by atoms with Crippen LogP contribution in [0, 0.1) is 0 Å². The first-order valence-electron chi connectivity index (χ1n) is 3.63. The lowest BCUT2D eigenvalue weighted by Gasteiger charge is -1.92. The number of carbonyl (C=O) groups is 1. The third-order valence-corrected chi connectivity index (χ3v) is 1.74. The Kier molecular flexibility index (Phi) is 2.27. The third-order valence-electron chi connectivity index (χ3n) is 1.74. The maximum atomic E-state index is 10.8. The van der Waals surface area contributed by atoms with Gasteiger partial charge in [-0.3, -0.25) is 10.1 Å². The topological polar surface area (TPSA) is 48.2 Å². The van der Waals surface area contributed by atoms with Crippen LogP contribution in [0.5, 0.6) is 0 Å². The van der Waals surface area contributed by atoms with Gasteiger partial charge in [0.15, 0.2) is 0 Å². The average molecular weight is 143 g/mol. The van der Waals surface area contributed by atoms with E-state index in [-0.39, 0.29) is 12.0 Å². The molecule has 0 amide bonds. The Bertz CT molecular complexity index is 136. The molecule has 10 heavy (non-hydrogen) atoms. The SMILES string of the molecule is CCC[C@@H]1N[C@H]1C(=O)OC. The van der Waals surface area contributed by atoms with Gasteiger partial charge in [0.1, 0.15) is 6.04 Å². The molecule has 1 aliphatic heterocycles. The summed E-state index contributed by atoms with van der Waals surface area (Å²) in [5.41, 5.74) is 0. The molecule has 1 N–H and O–H groups in total. The molecule has 0 aromatic rings. The van der Waals surface area contributed by atoms with Crippen LogP contribution in [0.4, 0.5) is 0 Å². The molecular formula is C7H13NO2. The fraction of sp³-hybridized carbons (Fsp3) is 0.857. The second-order valence-corrected chi connectivity index (χ2v) is 2.56. The molecule has 1 aliphatic rings. The number of rotatable bonds is 3. The van der Waals surface area contributed by atoms with Crippen LogP contribution in [0.3, 0.4) is 0 Å². The number of carbonyl (C=O) groups excluding carboxylic acids is 1. The largest absolute Gasteiger partial charge is 0.468 e. The zero-order chi connectivity index (χ0) is 7.56. The molecule has 0 aromatic heterocycles. The van der Waals surface area contributed by atoms with Gasteiger partial charge in [-0.1, -0.05) is 13.3 Å². The summed E-state index contributed by atoms with van der Waals surface area (Å²) in [5, 5.41) is 3.05. The Balaban J connectivity index is 2.18. The maximum Gasteiger partial charge on any atom is 0.324 e. The quantitative estimate of drug-likeness (QED) is 0.456. The van der Waals surface area contributed by atoms with Crippen molar-refractivity contribution in [1.29, 1.82) is 0 Å². The zero-order valence-electron chi connectivity index (χ0n) is 6.39. The highest BCUT2D eigenvalue weighted by molar-refractivity contribution is 5.79. The van der Waals surface area contributed by atoms with Crippen LogP contribution in [-0.2, 0) is 9.53 Å². The Labute approximate surface area is 60.7 Å². The lowest BCUT2D eigenvalue weighted by Crippen LogP contribution is -2.12. The van der Waals surface area contributed by atoms with Crippen LogP contribution in [0.1, 0.15) is 19.8 Å². The molecule has 3 heteroatoms. The molecule has 0 unspecified atom stereocenters. The number of esters is 1. The van der Waals surface area contributed by atoms with Gasteiger partial charge in [0.2, 0.25) is 0 Å². The predicted molar refractivity (Wildman–Crippen MR) is 37.6 cm³/mol. The molecule has 2 atom stereocenters. The first kappa shape index (κ1) is 7.54. The van der Waals surface area contributed by atoms with Gasteiger partial charge in [-0.25, -0.2) is 0 Å². The molecule has 0 radical (unpaired) electrons. The smallest absolute Gasteiger partial charge is 0.324 e. The molecular weight excluding hydrogens is 130 g/mol. The minimum atomic E-state index is -0.126. The molecule has 1 rings (SSSR count). The van der Waals surface area contributed by atoms with E-state index in [1.165, 1.54) is 7.11 Å². The van der Waals surface area contributed by atoms with Gasteiger partial charge >= 0.3 is 5.97 Å². The summed E-state index contributed by atoms with van der Waals surface area (Å²) in [6.45, 7) is 2.11. The van der Waals surface area contributed by atoms with Crippen molar-refractivity contribution >= 4 is 5.97 Å². The molecule has 0 aromatic carbocycles. The van der Waals surface area contributed by atoms with Crippen molar-refractivity contribution in [2.45, 2.75) is 31.8 Å². The molecule has 0 spiro atoms. The van der Waals surface area contributed by atoms with Crippen LogP contribution < -0.4 is 5.32 Å². The lowest BCUT2D eigenvalue weighted by atomic mass is 10.2. The standard InChI is InChI=1S/C7H13NO2/c1-3-4-5-6(8-5)7(9)10-2/h5-6,8H,3-4H2,1-2H3/t5-,6+/m0/s1. The van der Waals surface area contributed by atoms with E-state index in [0.717, 1.165) is 12.8 Å². The fourth-order valence-electron chi connectivity index (χ4n) is 1.10. The molecule has 1 fully saturated rings. The van der Waals surface area contributed by atoms with Crippen molar-refractivity contribution in [3.63, 3.8) is 0 Å². The van der Waals surface area contributed by atoms with Gasteiger partial charge in [0.25, 0.3) is 0 Å². The third kappa shape index (κ3) is 1.48. The van der Waals surface area contributed by atoms with E-state index < -0.39 is 0 Å². The highest BCUT2D eigenvalue weighted by atomic mass is 16.5. The molecule has 1 saturated heterocycles. The number of hydrogen-bond donors (Lipinski definition) is 1. The van der Waals surface area contributed by atoms with Gasteiger partial charge in [0.05, 0.1) is 7.11 Å². The Morgan fingerprint density at radius 1 is 1.70 bits per heavy atom. The van der Waals surface area contributed by atoms with E-state index in [4.69, 9.17) is 0 Å². The average Bonchev–Trinajstić information content (AvgIpc) is 2.67. The summed E-state index contributed by atoms with van der Waals surface area (Å²) >= 11 is 0. The van der Waals surface area contributed by atoms with Crippen molar-refractivity contribution in [1.82, 2.24) is 5.32 Å². The highest BCUT2D eigenvalue weighted by Gasteiger charge is 2.41. The van der Waals surface area contributed by atoms with Crippen LogP contribution in [0.25, 0.3) is 0 Å². The number of hydrogen-bond acceptors (Lipinski definition) is 3. The van der Waals surface area contributed by atoms with Crippen LogP contribution >= 0.6 is 0 Å². The molecule has 1 heterocycles. The minimum absolute atomic E-state index is 0.00931. The monoisotopic (exact) mass is 143 g/mol. The number of nitrogens with one attached hydrogen (secondary N) is 1. The number of ether oxygens (including phenoxy) is 1. The van der Waals surface area contributed by atoms with Crippen molar-refractivity contribution in [2.75, 3.05) is 7.11 Å². The molecule has 0 aliphatic carbocycles. The van der Waals surface area contributed by atoms with Gasteiger partial charge in [-0.2, -0.15) is 0 Å². The normalized spacial score (nSPS) is 29.8. The Hall–Kier alpha value is -0.570. The van der Waals surface area contributed by atoms with Crippen LogP contribution in [0.15, 0.2) is 0 Å². The second-order valence-electron chi connectivity index (χ2n) is 2.56. The minimum Gasteiger partial charge on any atom is -0.468 e. The van der Waals surface area contributed by atoms with Crippen LogP contribution in [0.2, 0.25) is 0 Å². The summed E-state index contributed by atoms with van der Waals surface area (Å²) in [4.78, 5) is 10.8. The summed E-state index contributed by atoms with van der Waals surface area (Å²) in [7, 11) is 1.42. The van der Waals surface area contributed by atoms with Gasteiger partial charge < -0.3 is 4.74 Å². The van der Waals surface area contributed by atoms with E-state index in [1.807, 2.05) is 0 Å². The summed E-state index contributed by atoms with van der Waals surface area (Å²) in [6, 6.07) is 0.377. The van der Waals surface area contributed by atoms with Gasteiger partial charge in [-0.15, -0.1) is 0 Å². The maximum absolute atomic E-state index is 10.8. The van der Waals surface area contributed by atoms with E-state index in [0.29, 0.717) is 6.04 Å². The molecule has 3 nitrogen and oxygen atoms in total. The van der Waals surface area contributed by atoms with Crippen LogP contribution in [-0.4, -0.2) is 25.2 Å². The number of methoxy groups -OCH3 is 1. The predicted octanol–water partition coefficient (Wildman–Crippen LogP) is 0.300. The van der Waals surface area contributed by atoms with E-state index in [9.17, 15) is 4.79 Å². The van der Waals surface area contributed by atoms with Crippen molar-refractivity contribution in [3.8, 4) is 0 Å². The summed E-state index contributed by atoms with van der Waals surface area (Å²) in [5.74, 6) is -0.126. The van der Waals surface area contributed by atoms with Crippen molar-refractivity contribution in [3.05, 3.63) is 0 Å². The molecule has 58 valence electrons. The van der Waals surface area contributed by atoms with E-state index in [2.05, 4.69) is 17.0 Å². The van der Waals surface area contributed by atoms with Crippen molar-refractivity contribution in [2.24, 2.45) is 0 Å². The fourth-order valence-corrected chi connectivity index (χ4v) is 1.10. The summed E-state index contributed by atoms with van der Waals surface area (Å²) < 4.78 is 4.55. The Morgan fingerprint density at radius 2 is 2.40 bits per heavy atom. The van der Waals surface area contributed by atoms with Crippen molar-refractivity contribution < 1.29 is 9.53 Å². The first-order valence-corrected chi connectivity index (χ1v) is 3.63. The van der Waals surface area contributed by atoms with Gasteiger partial charge in [-0.05, 0) is 6.42 Å². The zero-order valence-corrected chi connectivity index (χ0v) is 6.39. The highest BCUT2D eigenvalue weighted by Crippen LogP contribution is 2.17. The lowest BCUT2D eigenvalue weighted by molar-refractivity contribution is -0.140. The summed E-state index contributed by atoms with van der Waals surface area (Å²) in [6.07, 6.45) is 2.19. The Morgan fingerprint density at radius 3 is 2.90 bits per heavy atom. The second kappa shape index (κ2) is 3.01.